The topological polar surface area (TPSA) is 46.5 Å². The first-order valence-corrected chi connectivity index (χ1v) is 4.40. The molecule has 0 radical (unpaired) electrons. The van der Waals surface area contributed by atoms with Gasteiger partial charge in [-0.15, -0.1) is 0 Å². The van der Waals surface area contributed by atoms with Crippen LogP contribution in [0.5, 0.6) is 0 Å². The maximum Gasteiger partial charge on any atom is 0.371 e. The highest BCUT2D eigenvalue weighted by molar-refractivity contribution is 7.80. The predicted octanol–water partition coefficient (Wildman–Crippen LogP) is 2.73. The Hall–Kier alpha value is -0.920. The molecular formula is C8H12F4O3S. The van der Waals surface area contributed by atoms with E-state index in [4.69, 9.17) is 9.90 Å². The summed E-state index contributed by atoms with van der Waals surface area (Å²) in [7, 11) is 0. The molecule has 0 aromatic carbocycles. The molecule has 16 heavy (non-hydrogen) atoms. The Morgan fingerprint density at radius 3 is 1.56 bits per heavy atom. The van der Waals surface area contributed by atoms with E-state index in [0.29, 0.717) is 0 Å². The lowest BCUT2D eigenvalue weighted by molar-refractivity contribution is -0.149. The molecule has 0 aliphatic carbocycles. The number of aliphatic carboxylic acids is 1. The van der Waals surface area contributed by atoms with Gasteiger partial charge in [0.05, 0.1) is 0 Å². The zero-order chi connectivity index (χ0) is 13.5. The van der Waals surface area contributed by atoms with Crippen molar-refractivity contribution in [1.82, 2.24) is 0 Å². The minimum atomic E-state index is -3.23. The maximum absolute atomic E-state index is 11.7. The number of halogens is 4. The van der Waals surface area contributed by atoms with Crippen molar-refractivity contribution in [2.45, 2.75) is 39.2 Å². The van der Waals surface area contributed by atoms with Crippen LogP contribution in [0, 0.1) is 0 Å². The molecule has 0 heterocycles. The van der Waals surface area contributed by atoms with Gasteiger partial charge >= 0.3 is 18.8 Å². The van der Waals surface area contributed by atoms with Crippen LogP contribution in [0.25, 0.3) is 0 Å². The number of hydrogen-bond donors (Lipinski definition) is 1. The molecule has 0 rings (SSSR count). The third-order valence-electron chi connectivity index (χ3n) is 0.772. The van der Waals surface area contributed by atoms with Crippen LogP contribution in [-0.4, -0.2) is 34.6 Å². The summed E-state index contributed by atoms with van der Waals surface area (Å²) in [5.41, 5.74) is -0.618. The second-order valence-corrected chi connectivity index (χ2v) is 3.88. The molecule has 0 amide bonds. The Labute approximate surface area is 95.4 Å². The number of thiocarbonyl (C=S) groups is 1. The zero-order valence-electron chi connectivity index (χ0n) is 8.84. The fourth-order valence-corrected chi connectivity index (χ4v) is 0.596. The first kappa shape index (κ1) is 17.5. The SMILES string of the molecule is CC(C)(C)OC(=S)C(F)F.O=C(O)C(F)F. The Balaban J connectivity index is 0. The van der Waals surface area contributed by atoms with Crippen molar-refractivity contribution in [3.63, 3.8) is 0 Å². The number of carbonyl (C=O) groups is 1. The largest absolute Gasteiger partial charge is 0.477 e. The highest BCUT2D eigenvalue weighted by Gasteiger charge is 2.19. The lowest BCUT2D eigenvalue weighted by Gasteiger charge is -2.20. The molecule has 0 aliphatic rings. The standard InChI is InChI=1S/C6H10F2OS.C2H2F2O2/c1-6(2,3)9-5(10)4(7)8;3-1(4)2(5)6/h4H,1-3H3;1H,(H,5,6). The summed E-state index contributed by atoms with van der Waals surface area (Å²) in [6.45, 7) is 5.01. The molecule has 8 heteroatoms. The van der Waals surface area contributed by atoms with E-state index in [2.05, 4.69) is 17.0 Å². The van der Waals surface area contributed by atoms with Crippen LogP contribution in [0.2, 0.25) is 0 Å². The van der Waals surface area contributed by atoms with Gasteiger partial charge in [-0.3, -0.25) is 0 Å². The van der Waals surface area contributed by atoms with Crippen LogP contribution < -0.4 is 0 Å². The quantitative estimate of drug-likeness (QED) is 0.615. The normalized spacial score (nSPS) is 10.8. The first-order chi connectivity index (χ1) is 6.97. The summed E-state index contributed by atoms with van der Waals surface area (Å²) in [4.78, 5) is 8.95. The average Bonchev–Trinajstić information content (AvgIpc) is 2.01. The van der Waals surface area contributed by atoms with Gasteiger partial charge in [-0.05, 0) is 33.0 Å². The molecule has 0 unspecified atom stereocenters. The van der Waals surface area contributed by atoms with Gasteiger partial charge in [0.25, 0.3) is 0 Å². The molecule has 96 valence electrons. The third-order valence-corrected chi connectivity index (χ3v) is 1.03. The van der Waals surface area contributed by atoms with Crippen molar-refractivity contribution in [3.05, 3.63) is 0 Å². The maximum atomic E-state index is 11.7. The van der Waals surface area contributed by atoms with Crippen molar-refractivity contribution in [3.8, 4) is 0 Å². The lowest BCUT2D eigenvalue weighted by Crippen LogP contribution is -2.26. The van der Waals surface area contributed by atoms with Crippen LogP contribution in [-0.2, 0) is 9.53 Å². The molecule has 0 aromatic rings. The van der Waals surface area contributed by atoms with Gasteiger partial charge in [0.1, 0.15) is 5.60 Å². The molecule has 0 saturated heterocycles. The molecule has 0 aliphatic heterocycles. The molecule has 1 N–H and O–H groups in total. The van der Waals surface area contributed by atoms with Gasteiger partial charge in [-0.1, -0.05) is 0 Å². The van der Waals surface area contributed by atoms with Gasteiger partial charge in [0.15, 0.2) is 0 Å². The third kappa shape index (κ3) is 13.1. The van der Waals surface area contributed by atoms with Crippen molar-refractivity contribution >= 4 is 23.2 Å². The van der Waals surface area contributed by atoms with Crippen molar-refractivity contribution in [2.75, 3.05) is 0 Å². The number of alkyl halides is 4. The number of rotatable bonds is 2. The molecule has 0 saturated carbocycles. The highest BCUT2D eigenvalue weighted by Crippen LogP contribution is 2.11. The summed E-state index contributed by atoms with van der Waals surface area (Å²) in [6.07, 6.45) is -5.89. The van der Waals surface area contributed by atoms with Gasteiger partial charge in [0.2, 0.25) is 5.05 Å². The van der Waals surface area contributed by atoms with Crippen LogP contribution in [0.15, 0.2) is 0 Å². The second kappa shape index (κ2) is 7.37. The molecule has 3 nitrogen and oxygen atoms in total. The minimum absolute atomic E-state index is 0.618. The number of carboxylic acid groups (broad SMARTS) is 1. The fourth-order valence-electron chi connectivity index (χ4n) is 0.346. The van der Waals surface area contributed by atoms with E-state index < -0.39 is 29.5 Å². The summed E-state index contributed by atoms with van der Waals surface area (Å²) >= 11 is 4.25. The van der Waals surface area contributed by atoms with Crippen LogP contribution in [0.1, 0.15) is 20.8 Å². The minimum Gasteiger partial charge on any atom is -0.477 e. The van der Waals surface area contributed by atoms with E-state index in [-0.39, 0.29) is 0 Å². The summed E-state index contributed by atoms with van der Waals surface area (Å²) in [6, 6.07) is 0. The highest BCUT2D eigenvalue weighted by atomic mass is 32.1. The summed E-state index contributed by atoms with van der Waals surface area (Å²) < 4.78 is 49.2. The van der Waals surface area contributed by atoms with Crippen molar-refractivity contribution in [2.24, 2.45) is 0 Å². The molecule has 0 bridgehead atoms. The molecule has 0 fully saturated rings. The number of carboxylic acids is 1. The smallest absolute Gasteiger partial charge is 0.371 e. The summed E-state index contributed by atoms with van der Waals surface area (Å²) in [5.74, 6) is -2.07. The lowest BCUT2D eigenvalue weighted by atomic mass is 10.2. The van der Waals surface area contributed by atoms with E-state index in [9.17, 15) is 17.6 Å². The van der Waals surface area contributed by atoms with Crippen LogP contribution in [0.3, 0.4) is 0 Å². The predicted molar refractivity (Wildman–Crippen MR) is 53.1 cm³/mol. The van der Waals surface area contributed by atoms with E-state index in [1.807, 2.05) is 0 Å². The summed E-state index contributed by atoms with van der Waals surface area (Å²) in [5, 5.41) is 6.61. The van der Waals surface area contributed by atoms with E-state index >= 15 is 0 Å². The van der Waals surface area contributed by atoms with Crippen LogP contribution in [0.4, 0.5) is 17.6 Å². The van der Waals surface area contributed by atoms with Gasteiger partial charge in [-0.2, -0.15) is 8.78 Å². The molecule has 0 atom stereocenters. The molecule has 0 aromatic heterocycles. The molecule has 0 spiro atoms. The van der Waals surface area contributed by atoms with E-state index in [1.165, 1.54) is 0 Å². The average molecular weight is 264 g/mol. The van der Waals surface area contributed by atoms with Gasteiger partial charge in [-0.25, -0.2) is 13.6 Å². The van der Waals surface area contributed by atoms with Crippen LogP contribution >= 0.6 is 12.2 Å². The Bertz CT molecular complexity index is 238. The monoisotopic (exact) mass is 264 g/mol. The number of ether oxygens (including phenoxy) is 1. The van der Waals surface area contributed by atoms with Gasteiger partial charge < -0.3 is 9.84 Å². The van der Waals surface area contributed by atoms with Crippen molar-refractivity contribution in [1.29, 1.82) is 0 Å². The van der Waals surface area contributed by atoms with E-state index in [1.54, 1.807) is 20.8 Å². The fraction of sp³-hybridized carbons (Fsp3) is 0.750. The van der Waals surface area contributed by atoms with Crippen molar-refractivity contribution < 1.29 is 32.2 Å². The van der Waals surface area contributed by atoms with Gasteiger partial charge in [0, 0.05) is 0 Å². The van der Waals surface area contributed by atoms with E-state index in [0.717, 1.165) is 0 Å². The Morgan fingerprint density at radius 1 is 1.19 bits per heavy atom. The Kier molecular flexibility index (Phi) is 8.05. The number of hydrogen-bond acceptors (Lipinski definition) is 3. The first-order valence-electron chi connectivity index (χ1n) is 3.99. The Morgan fingerprint density at radius 2 is 1.50 bits per heavy atom. The zero-order valence-corrected chi connectivity index (χ0v) is 9.66. The molecular weight excluding hydrogens is 252 g/mol. The second-order valence-electron chi connectivity index (χ2n) is 3.47.